The number of aryl methyl sites for hydroxylation is 2. The van der Waals surface area contributed by atoms with E-state index in [-0.39, 0.29) is 5.56 Å². The van der Waals surface area contributed by atoms with Crippen molar-refractivity contribution < 1.29 is 0 Å². The Hall–Kier alpha value is -2.79. The topological polar surface area (TPSA) is 58.6 Å². The minimum Gasteiger partial charge on any atom is -0.306 e. The Balaban J connectivity index is 1.91. The van der Waals surface area contributed by atoms with E-state index in [0.29, 0.717) is 11.2 Å². The maximum atomic E-state index is 12.7. The number of rotatable bonds is 2. The van der Waals surface area contributed by atoms with E-state index in [4.69, 9.17) is 0 Å². The van der Waals surface area contributed by atoms with Gasteiger partial charge in [-0.1, -0.05) is 18.2 Å². The maximum Gasteiger partial charge on any atom is 0.260 e. The molecule has 0 fully saturated rings. The van der Waals surface area contributed by atoms with Crippen LogP contribution in [0.5, 0.6) is 0 Å². The molecule has 24 heavy (non-hydrogen) atoms. The van der Waals surface area contributed by atoms with Crippen LogP contribution in [0.2, 0.25) is 0 Å². The lowest BCUT2D eigenvalue weighted by Gasteiger charge is -2.05. The maximum absolute atomic E-state index is 12.7. The van der Waals surface area contributed by atoms with Gasteiger partial charge in [0.2, 0.25) is 0 Å². The van der Waals surface area contributed by atoms with Gasteiger partial charge >= 0.3 is 0 Å². The van der Waals surface area contributed by atoms with Gasteiger partial charge in [-0.15, -0.1) is 11.3 Å². The molecule has 4 nitrogen and oxygen atoms in total. The highest BCUT2D eigenvalue weighted by atomic mass is 32.1. The molecule has 5 heteroatoms. The second-order valence-corrected chi connectivity index (χ2v) is 6.64. The van der Waals surface area contributed by atoms with Crippen LogP contribution < -0.4 is 5.56 Å². The monoisotopic (exact) mass is 333 g/mol. The summed E-state index contributed by atoms with van der Waals surface area (Å²) in [7, 11) is 0. The number of benzene rings is 1. The molecule has 1 aromatic carbocycles. The van der Waals surface area contributed by atoms with E-state index < -0.39 is 0 Å². The first-order valence-corrected chi connectivity index (χ1v) is 8.51. The van der Waals surface area contributed by atoms with E-state index in [1.807, 2.05) is 17.5 Å². The van der Waals surface area contributed by atoms with Crippen LogP contribution in [-0.2, 0) is 0 Å². The van der Waals surface area contributed by atoms with Gasteiger partial charge in [-0.05, 0) is 42.7 Å². The predicted molar refractivity (Wildman–Crippen MR) is 98.4 cm³/mol. The number of aromatic nitrogens is 3. The fourth-order valence-corrected chi connectivity index (χ4v) is 3.66. The third-order valence-electron chi connectivity index (χ3n) is 4.22. The van der Waals surface area contributed by atoms with Crippen LogP contribution in [0, 0.1) is 13.8 Å². The van der Waals surface area contributed by atoms with Crippen molar-refractivity contribution in [3.63, 3.8) is 0 Å². The summed E-state index contributed by atoms with van der Waals surface area (Å²) in [5.74, 6) is 0.573. The Morgan fingerprint density at radius 3 is 2.54 bits per heavy atom. The first-order valence-electron chi connectivity index (χ1n) is 7.63. The molecule has 1 N–H and O–H groups in total. The average molecular weight is 333 g/mol. The van der Waals surface area contributed by atoms with Gasteiger partial charge < -0.3 is 4.98 Å². The first kappa shape index (κ1) is 14.8. The number of fused-ring (bicyclic) bond motifs is 1. The van der Waals surface area contributed by atoms with Gasteiger partial charge in [-0.25, -0.2) is 4.98 Å². The van der Waals surface area contributed by atoms with Gasteiger partial charge in [-0.2, -0.15) is 0 Å². The molecule has 0 bridgehead atoms. The van der Waals surface area contributed by atoms with Crippen molar-refractivity contribution in [2.45, 2.75) is 13.8 Å². The SMILES string of the molecule is Cc1ccc(-c2csc3nc(-c4ccncc4)[nH]c(=O)c23)cc1C. The molecule has 0 saturated heterocycles. The molecule has 0 aliphatic carbocycles. The fraction of sp³-hybridized carbons (Fsp3) is 0.105. The van der Waals surface area contributed by atoms with Crippen molar-refractivity contribution in [2.75, 3.05) is 0 Å². The minimum atomic E-state index is -0.110. The van der Waals surface area contributed by atoms with Gasteiger partial charge in [0.05, 0.1) is 5.39 Å². The largest absolute Gasteiger partial charge is 0.306 e. The molecular formula is C19H15N3OS. The zero-order valence-corrected chi connectivity index (χ0v) is 14.1. The van der Waals surface area contributed by atoms with Crippen molar-refractivity contribution in [3.8, 4) is 22.5 Å². The zero-order valence-electron chi connectivity index (χ0n) is 13.3. The van der Waals surface area contributed by atoms with E-state index in [1.165, 1.54) is 22.5 Å². The van der Waals surface area contributed by atoms with Gasteiger partial charge in [0.15, 0.2) is 0 Å². The number of H-pyrrole nitrogens is 1. The Kier molecular flexibility index (Phi) is 3.50. The number of aromatic amines is 1. The Labute approximate surface area is 142 Å². The second kappa shape index (κ2) is 5.69. The zero-order chi connectivity index (χ0) is 16.7. The summed E-state index contributed by atoms with van der Waals surface area (Å²) in [6.07, 6.45) is 3.38. The molecule has 0 spiro atoms. The normalized spacial score (nSPS) is 11.1. The lowest BCUT2D eigenvalue weighted by atomic mass is 10.0. The van der Waals surface area contributed by atoms with E-state index >= 15 is 0 Å². The molecule has 0 aliphatic rings. The van der Waals surface area contributed by atoms with Gasteiger partial charge in [0.1, 0.15) is 10.7 Å². The summed E-state index contributed by atoms with van der Waals surface area (Å²) >= 11 is 1.50. The first-order chi connectivity index (χ1) is 11.6. The summed E-state index contributed by atoms with van der Waals surface area (Å²) in [5, 5.41) is 2.66. The van der Waals surface area contributed by atoms with E-state index in [1.54, 1.807) is 12.4 Å². The molecule has 118 valence electrons. The highest BCUT2D eigenvalue weighted by Crippen LogP contribution is 2.32. The number of hydrogen-bond donors (Lipinski definition) is 1. The summed E-state index contributed by atoms with van der Waals surface area (Å²) < 4.78 is 0. The van der Waals surface area contributed by atoms with E-state index in [2.05, 4.69) is 47.0 Å². The molecule has 0 unspecified atom stereocenters. The third-order valence-corrected chi connectivity index (χ3v) is 5.09. The molecule has 0 amide bonds. The molecule has 0 atom stereocenters. The standard InChI is InChI=1S/C19H15N3OS/c1-11-3-4-14(9-12(11)2)15-10-24-19-16(15)18(23)21-17(22-19)13-5-7-20-8-6-13/h3-10H,1-2H3,(H,21,22,23). The van der Waals surface area contributed by atoms with Gasteiger partial charge in [0, 0.05) is 28.9 Å². The number of hydrogen-bond acceptors (Lipinski definition) is 4. The van der Waals surface area contributed by atoms with Gasteiger partial charge in [0.25, 0.3) is 5.56 Å². The van der Waals surface area contributed by atoms with Crippen LogP contribution in [0.3, 0.4) is 0 Å². The summed E-state index contributed by atoms with van der Waals surface area (Å²) in [6.45, 7) is 4.16. The third kappa shape index (κ3) is 2.43. The lowest BCUT2D eigenvalue weighted by Crippen LogP contribution is -2.09. The number of thiophene rings is 1. The van der Waals surface area contributed by atoms with Crippen LogP contribution in [-0.4, -0.2) is 15.0 Å². The van der Waals surface area contributed by atoms with Crippen molar-refractivity contribution in [1.82, 2.24) is 15.0 Å². The lowest BCUT2D eigenvalue weighted by molar-refractivity contribution is 1.18. The minimum absolute atomic E-state index is 0.110. The molecular weight excluding hydrogens is 318 g/mol. The summed E-state index contributed by atoms with van der Waals surface area (Å²) in [5.41, 5.74) is 5.18. The molecule has 4 aromatic rings. The van der Waals surface area contributed by atoms with E-state index in [9.17, 15) is 4.79 Å². The summed E-state index contributed by atoms with van der Waals surface area (Å²) in [6, 6.07) is 9.93. The van der Waals surface area contributed by atoms with Crippen LogP contribution >= 0.6 is 11.3 Å². The van der Waals surface area contributed by atoms with Crippen molar-refractivity contribution in [1.29, 1.82) is 0 Å². The van der Waals surface area contributed by atoms with E-state index in [0.717, 1.165) is 21.5 Å². The number of nitrogens with zero attached hydrogens (tertiary/aromatic N) is 2. The quantitative estimate of drug-likeness (QED) is 0.594. The predicted octanol–water partition coefficient (Wildman–Crippen LogP) is 4.33. The van der Waals surface area contributed by atoms with Gasteiger partial charge in [-0.3, -0.25) is 9.78 Å². The van der Waals surface area contributed by atoms with Crippen molar-refractivity contribution >= 4 is 21.6 Å². The van der Waals surface area contributed by atoms with Crippen LogP contribution in [0.15, 0.2) is 52.9 Å². The van der Waals surface area contributed by atoms with Crippen molar-refractivity contribution in [2.24, 2.45) is 0 Å². The highest BCUT2D eigenvalue weighted by Gasteiger charge is 2.14. The number of nitrogens with one attached hydrogen (secondary N) is 1. The Morgan fingerprint density at radius 2 is 1.79 bits per heavy atom. The highest BCUT2D eigenvalue weighted by molar-refractivity contribution is 7.17. The molecule has 3 aromatic heterocycles. The molecule has 0 aliphatic heterocycles. The molecule has 0 radical (unpaired) electrons. The van der Waals surface area contributed by atoms with Crippen molar-refractivity contribution in [3.05, 3.63) is 69.6 Å². The Morgan fingerprint density at radius 1 is 1.00 bits per heavy atom. The van der Waals surface area contributed by atoms with Crippen LogP contribution in [0.25, 0.3) is 32.7 Å². The molecule has 0 saturated carbocycles. The molecule has 4 rings (SSSR count). The average Bonchev–Trinajstić information content (AvgIpc) is 3.03. The smallest absolute Gasteiger partial charge is 0.260 e. The fourth-order valence-electron chi connectivity index (χ4n) is 2.72. The van der Waals surface area contributed by atoms with Crippen LogP contribution in [0.1, 0.15) is 11.1 Å². The Bertz CT molecular complexity index is 1100. The second-order valence-electron chi connectivity index (χ2n) is 5.78. The summed E-state index contributed by atoms with van der Waals surface area (Å²) in [4.78, 5) is 25.0. The number of pyridine rings is 1. The molecule has 3 heterocycles. The van der Waals surface area contributed by atoms with Crippen LogP contribution in [0.4, 0.5) is 0 Å².